The number of hydrogen-bond acceptors (Lipinski definition) is 5. The first-order valence-electron chi connectivity index (χ1n) is 22.0. The van der Waals surface area contributed by atoms with Crippen LogP contribution in [0.1, 0.15) is 31.7 Å². The zero-order chi connectivity index (χ0) is 42.5. The van der Waals surface area contributed by atoms with Gasteiger partial charge in [-0.05, 0) is 110 Å². The first-order valence-corrected chi connectivity index (χ1v) is 22.0. The van der Waals surface area contributed by atoms with E-state index in [0.29, 0.717) is 23.4 Å². The van der Waals surface area contributed by atoms with Crippen molar-refractivity contribution in [1.29, 1.82) is 0 Å². The SMILES string of the molecule is CC1=C(c2nc(-c3ccccc3)nc(-c3cccc4oc5ccccc5c34)n2)C(c2cccc3oc4ccc(-c5cc6c7ccccc7ccc6c6ccccc56)cc4c23)=CC(C)C1. The molecule has 0 radical (unpaired) electrons. The van der Waals surface area contributed by atoms with Gasteiger partial charge in [0.05, 0.1) is 0 Å². The number of benzene rings is 9. The Morgan fingerprint density at radius 3 is 1.88 bits per heavy atom. The lowest BCUT2D eigenvalue weighted by molar-refractivity contribution is 0.668. The van der Waals surface area contributed by atoms with E-state index in [9.17, 15) is 0 Å². The van der Waals surface area contributed by atoms with E-state index in [4.69, 9.17) is 23.8 Å². The molecule has 0 spiro atoms. The van der Waals surface area contributed by atoms with E-state index < -0.39 is 0 Å². The summed E-state index contributed by atoms with van der Waals surface area (Å²) in [6.45, 7) is 4.52. The average molecular weight is 822 g/mol. The Hall–Kier alpha value is -8.15. The van der Waals surface area contributed by atoms with Crippen LogP contribution < -0.4 is 0 Å². The largest absolute Gasteiger partial charge is 0.456 e. The maximum atomic E-state index is 6.71. The lowest BCUT2D eigenvalue weighted by atomic mass is 9.81. The topological polar surface area (TPSA) is 65.0 Å². The Bertz CT molecular complexity index is 3960. The highest BCUT2D eigenvalue weighted by Crippen LogP contribution is 2.47. The zero-order valence-corrected chi connectivity index (χ0v) is 35.3. The average Bonchev–Trinajstić information content (AvgIpc) is 3.92. The summed E-state index contributed by atoms with van der Waals surface area (Å²) in [6, 6.07) is 62.0. The van der Waals surface area contributed by atoms with Gasteiger partial charge < -0.3 is 8.83 Å². The monoisotopic (exact) mass is 821 g/mol. The third kappa shape index (κ3) is 5.67. The maximum absolute atomic E-state index is 6.71. The highest BCUT2D eigenvalue weighted by Gasteiger charge is 2.27. The van der Waals surface area contributed by atoms with Gasteiger partial charge in [0.15, 0.2) is 17.5 Å². The first-order chi connectivity index (χ1) is 31.5. The lowest BCUT2D eigenvalue weighted by Crippen LogP contribution is -2.10. The van der Waals surface area contributed by atoms with Crippen LogP contribution in [0.15, 0.2) is 196 Å². The summed E-state index contributed by atoms with van der Waals surface area (Å²) in [7, 11) is 0. The van der Waals surface area contributed by atoms with Gasteiger partial charge in [0, 0.05) is 38.2 Å². The number of rotatable bonds is 5. The minimum absolute atomic E-state index is 0.294. The van der Waals surface area contributed by atoms with Crippen molar-refractivity contribution in [3.8, 4) is 33.9 Å². The Morgan fingerprint density at radius 2 is 1.05 bits per heavy atom. The molecule has 0 fully saturated rings. The van der Waals surface area contributed by atoms with Crippen LogP contribution in [0.2, 0.25) is 0 Å². The number of hydrogen-bond donors (Lipinski definition) is 0. The van der Waals surface area contributed by atoms with E-state index in [-0.39, 0.29) is 0 Å². The molecular weight excluding hydrogens is 783 g/mol. The molecular formula is C59H39N3O2. The standard InChI is InChI=1S/C59H39N3O2/c1-34-30-35(2)54(59-61-57(37-15-4-3-5-16-37)60-58(62-59)45-22-13-25-53-56(45)44-20-10-11-23-50(44)63-53)48(31-34)43-21-12-24-52-55(43)49-32-38(27-29-51(49)64-52)46-33-47-39-17-7-6-14-36(39)26-28-42(47)40-18-8-9-19-41(40)46/h3-29,31-34H,30H2,1-2H3. The van der Waals surface area contributed by atoms with Crippen molar-refractivity contribution in [3.63, 3.8) is 0 Å². The minimum atomic E-state index is 0.294. The molecule has 0 saturated heterocycles. The molecule has 1 atom stereocenters. The minimum Gasteiger partial charge on any atom is -0.456 e. The number of para-hydroxylation sites is 1. The fraction of sp³-hybridized carbons (Fsp3) is 0.0678. The number of aromatic nitrogens is 3. The van der Waals surface area contributed by atoms with Gasteiger partial charge in [0.1, 0.15) is 22.3 Å². The molecule has 5 nitrogen and oxygen atoms in total. The zero-order valence-electron chi connectivity index (χ0n) is 35.3. The summed E-state index contributed by atoms with van der Waals surface area (Å²) in [5.74, 6) is 2.16. The molecule has 0 amide bonds. The number of nitrogens with zero attached hydrogens (tertiary/aromatic N) is 3. The van der Waals surface area contributed by atoms with Crippen molar-refractivity contribution < 1.29 is 8.83 Å². The first kappa shape index (κ1) is 36.5. The number of furan rings is 2. The van der Waals surface area contributed by atoms with E-state index in [0.717, 1.165) is 83.7 Å². The molecule has 9 aromatic carbocycles. The van der Waals surface area contributed by atoms with Gasteiger partial charge in [-0.25, -0.2) is 15.0 Å². The van der Waals surface area contributed by atoms with Crippen molar-refractivity contribution in [2.45, 2.75) is 20.3 Å². The molecule has 0 bridgehead atoms. The van der Waals surface area contributed by atoms with Crippen LogP contribution in [0.5, 0.6) is 0 Å². The Morgan fingerprint density at radius 1 is 0.422 bits per heavy atom. The van der Waals surface area contributed by atoms with Gasteiger partial charge in [0.25, 0.3) is 0 Å². The van der Waals surface area contributed by atoms with Gasteiger partial charge in [0.2, 0.25) is 0 Å². The molecule has 13 rings (SSSR count). The summed E-state index contributed by atoms with van der Waals surface area (Å²) in [5.41, 5.74) is 11.9. The summed E-state index contributed by atoms with van der Waals surface area (Å²) in [6.07, 6.45) is 3.29. The third-order valence-corrected chi connectivity index (χ3v) is 13.2. The van der Waals surface area contributed by atoms with Gasteiger partial charge in [-0.15, -0.1) is 0 Å². The second-order valence-electron chi connectivity index (χ2n) is 17.2. The number of fused-ring (bicyclic) bond motifs is 11. The molecule has 5 heteroatoms. The molecule has 302 valence electrons. The Balaban J connectivity index is 1.03. The fourth-order valence-corrected chi connectivity index (χ4v) is 10.4. The number of allylic oxidation sites excluding steroid dienone is 4. The van der Waals surface area contributed by atoms with Crippen LogP contribution in [0, 0.1) is 5.92 Å². The van der Waals surface area contributed by atoms with Crippen LogP contribution in [0.3, 0.4) is 0 Å². The second kappa shape index (κ2) is 14.2. The molecule has 1 aliphatic rings. The van der Waals surface area contributed by atoms with Crippen molar-refractivity contribution in [2.75, 3.05) is 0 Å². The van der Waals surface area contributed by atoms with Crippen LogP contribution in [0.25, 0.3) is 121 Å². The molecule has 1 aliphatic carbocycles. The van der Waals surface area contributed by atoms with Gasteiger partial charge in [-0.2, -0.15) is 0 Å². The molecule has 64 heavy (non-hydrogen) atoms. The van der Waals surface area contributed by atoms with Gasteiger partial charge in [-0.3, -0.25) is 0 Å². The lowest BCUT2D eigenvalue weighted by Gasteiger charge is -2.24. The predicted octanol–water partition coefficient (Wildman–Crippen LogP) is 16.0. The Kier molecular flexibility index (Phi) is 8.10. The van der Waals surface area contributed by atoms with Crippen molar-refractivity contribution in [2.24, 2.45) is 5.92 Å². The van der Waals surface area contributed by atoms with E-state index in [1.165, 1.54) is 43.5 Å². The van der Waals surface area contributed by atoms with E-state index >= 15 is 0 Å². The van der Waals surface area contributed by atoms with E-state index in [1.54, 1.807) is 0 Å². The molecule has 0 N–H and O–H groups in total. The molecule has 0 saturated carbocycles. The van der Waals surface area contributed by atoms with E-state index in [2.05, 4.69) is 147 Å². The normalized spacial score (nSPS) is 14.5. The molecule has 0 aliphatic heterocycles. The third-order valence-electron chi connectivity index (χ3n) is 13.2. The van der Waals surface area contributed by atoms with Crippen LogP contribution in [0.4, 0.5) is 0 Å². The molecule has 12 aromatic rings. The van der Waals surface area contributed by atoms with Gasteiger partial charge >= 0.3 is 0 Å². The highest BCUT2D eigenvalue weighted by molar-refractivity contribution is 6.22. The van der Waals surface area contributed by atoms with Crippen LogP contribution in [-0.4, -0.2) is 15.0 Å². The smallest absolute Gasteiger partial charge is 0.164 e. The second-order valence-corrected chi connectivity index (χ2v) is 17.2. The van der Waals surface area contributed by atoms with Crippen molar-refractivity contribution in [1.82, 2.24) is 15.0 Å². The summed E-state index contributed by atoms with van der Waals surface area (Å²) < 4.78 is 13.1. The maximum Gasteiger partial charge on any atom is 0.164 e. The molecule has 3 heterocycles. The Labute approximate surface area is 368 Å². The van der Waals surface area contributed by atoms with Crippen molar-refractivity contribution >= 4 is 87.3 Å². The van der Waals surface area contributed by atoms with E-state index in [1.807, 2.05) is 48.5 Å². The molecule has 3 aromatic heterocycles. The highest BCUT2D eigenvalue weighted by atomic mass is 16.3. The predicted molar refractivity (Wildman–Crippen MR) is 264 cm³/mol. The molecule has 1 unspecified atom stereocenters. The quantitative estimate of drug-likeness (QED) is 0.162. The van der Waals surface area contributed by atoms with Crippen molar-refractivity contribution in [3.05, 3.63) is 199 Å². The summed E-state index contributed by atoms with van der Waals surface area (Å²) in [5, 5.41) is 11.6. The van der Waals surface area contributed by atoms with Crippen LogP contribution in [-0.2, 0) is 0 Å². The van der Waals surface area contributed by atoms with Crippen LogP contribution >= 0.6 is 0 Å². The fourth-order valence-electron chi connectivity index (χ4n) is 10.4. The summed E-state index contributed by atoms with van der Waals surface area (Å²) >= 11 is 0. The van der Waals surface area contributed by atoms with Gasteiger partial charge in [-0.1, -0.05) is 158 Å². The summed E-state index contributed by atoms with van der Waals surface area (Å²) in [4.78, 5) is 15.9.